The van der Waals surface area contributed by atoms with E-state index >= 15 is 0 Å². The van der Waals surface area contributed by atoms with E-state index in [-0.39, 0.29) is 16.2 Å². The van der Waals surface area contributed by atoms with Gasteiger partial charge in [-0.25, -0.2) is 18.4 Å². The van der Waals surface area contributed by atoms with Gasteiger partial charge in [-0.2, -0.15) is 0 Å². The van der Waals surface area contributed by atoms with Crippen molar-refractivity contribution in [3.8, 4) is 5.75 Å². The summed E-state index contributed by atoms with van der Waals surface area (Å²) in [5.74, 6) is -1.16. The van der Waals surface area contributed by atoms with Gasteiger partial charge in [-0.1, -0.05) is 47.5 Å². The number of unbranched alkanes of at least 4 members (excludes halogenated alkanes) is 1. The van der Waals surface area contributed by atoms with E-state index in [9.17, 15) is 13.2 Å². The quantitative estimate of drug-likeness (QED) is 0.702. The molecule has 0 fully saturated rings. The summed E-state index contributed by atoms with van der Waals surface area (Å²) in [4.78, 5) is 10.4. The Morgan fingerprint density at radius 2 is 1.65 bits per heavy atom. The van der Waals surface area contributed by atoms with Crippen LogP contribution >= 0.6 is 0 Å². The standard InChI is InChI=1S/C9H11NO5S.C4H11N.C3H8.C2H6/c1-5-3-6(9(11)12)4-7(8(5)15-2)16(10,13)14;1-2-3-4-5;1-3-2;1-2/h3-4H,1-2H3,(H,11,12)(H2,10,13,14);2-5H2,1H3;3H2,1-2H3;1-2H3. The largest absolute Gasteiger partial charge is 0.495 e. The van der Waals surface area contributed by atoms with Crippen LogP contribution in [0.2, 0.25) is 0 Å². The van der Waals surface area contributed by atoms with Crippen LogP contribution in [-0.4, -0.2) is 33.1 Å². The van der Waals surface area contributed by atoms with Crippen molar-refractivity contribution in [1.82, 2.24) is 0 Å². The zero-order chi connectivity index (χ0) is 21.3. The minimum absolute atomic E-state index is 0.0625. The van der Waals surface area contributed by atoms with Gasteiger partial charge in [-0.15, -0.1) is 0 Å². The Kier molecular flexibility index (Phi) is 18.8. The van der Waals surface area contributed by atoms with Crippen molar-refractivity contribution in [2.24, 2.45) is 10.9 Å². The fraction of sp³-hybridized carbons (Fsp3) is 0.611. The van der Waals surface area contributed by atoms with Crippen LogP contribution in [0, 0.1) is 6.92 Å². The van der Waals surface area contributed by atoms with Crippen LogP contribution in [0.1, 0.15) is 69.8 Å². The van der Waals surface area contributed by atoms with Crippen LogP contribution < -0.4 is 15.6 Å². The molecule has 1 aromatic rings. The monoisotopic (exact) mass is 392 g/mol. The third-order valence-corrected chi connectivity index (χ3v) is 3.47. The van der Waals surface area contributed by atoms with Crippen LogP contribution in [0.5, 0.6) is 5.75 Å². The van der Waals surface area contributed by atoms with Crippen molar-refractivity contribution >= 4 is 16.0 Å². The van der Waals surface area contributed by atoms with Gasteiger partial charge in [0, 0.05) is 0 Å². The summed E-state index contributed by atoms with van der Waals surface area (Å²) in [5, 5.41) is 13.8. The zero-order valence-corrected chi connectivity index (χ0v) is 17.9. The highest BCUT2D eigenvalue weighted by atomic mass is 32.2. The molecule has 0 spiro atoms. The van der Waals surface area contributed by atoms with Crippen LogP contribution in [0.15, 0.2) is 17.0 Å². The molecule has 0 atom stereocenters. The summed E-state index contributed by atoms with van der Waals surface area (Å²) in [6, 6.07) is 2.29. The molecule has 26 heavy (non-hydrogen) atoms. The number of ether oxygens (including phenoxy) is 1. The van der Waals surface area contributed by atoms with E-state index in [1.54, 1.807) is 6.92 Å². The number of rotatable bonds is 5. The van der Waals surface area contributed by atoms with Crippen molar-refractivity contribution in [3.05, 3.63) is 23.3 Å². The molecule has 154 valence electrons. The molecule has 0 amide bonds. The zero-order valence-electron chi connectivity index (χ0n) is 17.1. The van der Waals surface area contributed by atoms with Gasteiger partial charge in [0.05, 0.1) is 12.7 Å². The Morgan fingerprint density at radius 3 is 1.88 bits per heavy atom. The Balaban J connectivity index is -0.000000441. The number of methoxy groups -OCH3 is 1. The number of sulfonamides is 1. The Bertz CT molecular complexity index is 600. The molecular formula is C18H36N2O5S. The van der Waals surface area contributed by atoms with Crippen LogP contribution in [0.4, 0.5) is 0 Å². The number of carboxylic acids is 1. The highest BCUT2D eigenvalue weighted by Gasteiger charge is 2.20. The third-order valence-electron chi connectivity index (χ3n) is 2.56. The third kappa shape index (κ3) is 12.7. The normalized spacial score (nSPS) is 9.42. The van der Waals surface area contributed by atoms with Crippen molar-refractivity contribution in [2.45, 2.75) is 65.7 Å². The molecule has 0 aliphatic heterocycles. The minimum Gasteiger partial charge on any atom is -0.495 e. The van der Waals surface area contributed by atoms with Gasteiger partial charge >= 0.3 is 5.97 Å². The predicted octanol–water partition coefficient (Wildman–Crippen LogP) is 3.54. The Morgan fingerprint density at radius 1 is 1.19 bits per heavy atom. The molecule has 0 aliphatic rings. The van der Waals surface area contributed by atoms with E-state index in [2.05, 4.69) is 20.8 Å². The number of nitrogens with two attached hydrogens (primary N) is 2. The van der Waals surface area contributed by atoms with Gasteiger partial charge in [0.15, 0.2) is 0 Å². The van der Waals surface area contributed by atoms with E-state index in [0.29, 0.717) is 5.56 Å². The van der Waals surface area contributed by atoms with E-state index in [1.807, 2.05) is 13.8 Å². The van der Waals surface area contributed by atoms with Gasteiger partial charge in [0.1, 0.15) is 10.6 Å². The average molecular weight is 393 g/mol. The molecule has 0 aliphatic carbocycles. The van der Waals surface area contributed by atoms with Crippen LogP contribution in [0.3, 0.4) is 0 Å². The molecule has 0 unspecified atom stereocenters. The molecule has 1 rings (SSSR count). The first-order valence-corrected chi connectivity index (χ1v) is 10.3. The number of carbonyl (C=O) groups is 1. The maximum Gasteiger partial charge on any atom is 0.335 e. The smallest absolute Gasteiger partial charge is 0.335 e. The fourth-order valence-corrected chi connectivity index (χ4v) is 2.34. The topological polar surface area (TPSA) is 133 Å². The summed E-state index contributed by atoms with van der Waals surface area (Å²) in [6.07, 6.45) is 3.64. The minimum atomic E-state index is -4.01. The second kappa shape index (κ2) is 16.8. The number of hydrogen-bond donors (Lipinski definition) is 3. The molecule has 0 radical (unpaired) electrons. The number of hydrogen-bond acceptors (Lipinski definition) is 5. The Labute approximate surface area is 158 Å². The van der Waals surface area contributed by atoms with Crippen LogP contribution in [-0.2, 0) is 10.0 Å². The predicted molar refractivity (Wildman–Crippen MR) is 107 cm³/mol. The molecule has 0 saturated carbocycles. The lowest BCUT2D eigenvalue weighted by Gasteiger charge is -2.10. The number of aromatic carboxylic acids is 1. The fourth-order valence-electron chi connectivity index (χ4n) is 1.54. The number of carboxylic acid groups (broad SMARTS) is 1. The van der Waals surface area contributed by atoms with Crippen molar-refractivity contribution in [3.63, 3.8) is 0 Å². The first-order valence-electron chi connectivity index (χ1n) is 8.75. The molecule has 5 N–H and O–H groups in total. The molecular weight excluding hydrogens is 356 g/mol. The van der Waals surface area contributed by atoms with Gasteiger partial charge in [0.25, 0.3) is 0 Å². The average Bonchev–Trinajstić information content (AvgIpc) is 2.57. The van der Waals surface area contributed by atoms with Gasteiger partial charge in [-0.3, -0.25) is 0 Å². The number of aryl methyl sites for hydroxylation is 1. The summed E-state index contributed by atoms with van der Waals surface area (Å²) in [7, 11) is -2.72. The van der Waals surface area contributed by atoms with E-state index in [4.69, 9.17) is 20.7 Å². The van der Waals surface area contributed by atoms with Crippen molar-refractivity contribution in [1.29, 1.82) is 0 Å². The first kappa shape index (κ1) is 29.1. The molecule has 0 aromatic heterocycles. The second-order valence-electron chi connectivity index (χ2n) is 5.02. The lowest BCUT2D eigenvalue weighted by atomic mass is 10.1. The first-order chi connectivity index (χ1) is 12.1. The summed E-state index contributed by atoms with van der Waals surface area (Å²) in [6.45, 7) is 12.8. The molecule has 0 heterocycles. The summed E-state index contributed by atoms with van der Waals surface area (Å²) >= 11 is 0. The SMILES string of the molecule is CC.CCC.CCCCN.COc1c(C)cc(C(=O)O)cc1S(N)(=O)=O. The highest BCUT2D eigenvalue weighted by molar-refractivity contribution is 7.89. The summed E-state index contributed by atoms with van der Waals surface area (Å²) in [5.41, 5.74) is 5.38. The van der Waals surface area contributed by atoms with Gasteiger partial charge < -0.3 is 15.6 Å². The van der Waals surface area contributed by atoms with E-state index in [1.165, 1.54) is 32.4 Å². The molecule has 7 nitrogen and oxygen atoms in total. The van der Waals surface area contributed by atoms with Crippen molar-refractivity contribution in [2.75, 3.05) is 13.7 Å². The Hall–Kier alpha value is -1.64. The maximum atomic E-state index is 11.2. The van der Waals surface area contributed by atoms with Gasteiger partial charge in [-0.05, 0) is 37.6 Å². The highest BCUT2D eigenvalue weighted by Crippen LogP contribution is 2.28. The van der Waals surface area contributed by atoms with Gasteiger partial charge in [0.2, 0.25) is 10.0 Å². The van der Waals surface area contributed by atoms with E-state index in [0.717, 1.165) is 12.6 Å². The lowest BCUT2D eigenvalue weighted by molar-refractivity contribution is 0.0696. The summed E-state index contributed by atoms with van der Waals surface area (Å²) < 4.78 is 27.4. The van der Waals surface area contributed by atoms with Crippen LogP contribution in [0.25, 0.3) is 0 Å². The molecule has 8 heteroatoms. The van der Waals surface area contributed by atoms with E-state index < -0.39 is 16.0 Å². The second-order valence-corrected chi connectivity index (χ2v) is 6.55. The molecule has 1 aromatic carbocycles. The van der Waals surface area contributed by atoms with Crippen molar-refractivity contribution < 1.29 is 23.1 Å². The number of primary sulfonamides is 1. The molecule has 0 bridgehead atoms. The number of benzene rings is 1. The lowest BCUT2D eigenvalue weighted by Crippen LogP contribution is -2.15. The maximum absolute atomic E-state index is 11.2. The molecule has 0 saturated heterocycles.